The van der Waals surface area contributed by atoms with E-state index in [0.29, 0.717) is 0 Å². The number of benzene rings is 3. The number of rotatable bonds is 10. The minimum atomic E-state index is -1.56. The van der Waals surface area contributed by atoms with Crippen LogP contribution in [0.2, 0.25) is 19.6 Å². The van der Waals surface area contributed by atoms with E-state index < -0.39 is 8.07 Å². The van der Waals surface area contributed by atoms with Crippen molar-refractivity contribution in [1.82, 2.24) is 9.97 Å². The van der Waals surface area contributed by atoms with Gasteiger partial charge >= 0.3 is 0 Å². The van der Waals surface area contributed by atoms with Crippen molar-refractivity contribution in [3.63, 3.8) is 0 Å². The van der Waals surface area contributed by atoms with Crippen molar-refractivity contribution in [3.8, 4) is 11.3 Å². The van der Waals surface area contributed by atoms with Crippen LogP contribution in [0.4, 0.5) is 0 Å². The summed E-state index contributed by atoms with van der Waals surface area (Å²) in [6.45, 7) is 28.5. The van der Waals surface area contributed by atoms with Gasteiger partial charge in [0.05, 0.1) is 13.6 Å². The van der Waals surface area contributed by atoms with Crippen molar-refractivity contribution in [3.05, 3.63) is 77.8 Å². The molecule has 0 fully saturated rings. The SMILES string of the molecule is CCC(C)(CC)C(=O)/C=C(\O)C(C)(CC)CC.Cc1c(CC(C)(C)C)ccc2c1sc1c(-c3[c-]c4ccccc4c([Si](C)(C)C)c3)ncnc12.[Ir]. The van der Waals surface area contributed by atoms with Gasteiger partial charge in [-0.1, -0.05) is 123 Å². The summed E-state index contributed by atoms with van der Waals surface area (Å²) in [6.07, 6.45) is 7.54. The maximum Gasteiger partial charge on any atom is 0.164 e. The number of aliphatic hydroxyl groups is 1. The van der Waals surface area contributed by atoms with Gasteiger partial charge in [0.15, 0.2) is 5.78 Å². The first-order chi connectivity index (χ1) is 23.3. The summed E-state index contributed by atoms with van der Waals surface area (Å²) >= 11 is 1.83. The third-order valence-electron chi connectivity index (χ3n) is 10.9. The van der Waals surface area contributed by atoms with Gasteiger partial charge in [0.25, 0.3) is 0 Å². The molecule has 0 amide bonds. The van der Waals surface area contributed by atoms with Gasteiger partial charge in [0.1, 0.15) is 12.1 Å². The Kier molecular flexibility index (Phi) is 13.8. The van der Waals surface area contributed by atoms with E-state index in [1.165, 1.54) is 43.2 Å². The van der Waals surface area contributed by atoms with Crippen molar-refractivity contribution in [2.45, 2.75) is 121 Å². The third kappa shape index (κ3) is 9.27. The number of carbonyl (C=O) groups is 1. The summed E-state index contributed by atoms with van der Waals surface area (Å²) in [4.78, 5) is 21.7. The summed E-state index contributed by atoms with van der Waals surface area (Å²) in [7, 11) is -1.56. The number of carbonyl (C=O) groups excluding carboxylic acids is 1. The van der Waals surface area contributed by atoms with Gasteiger partial charge < -0.3 is 5.11 Å². The van der Waals surface area contributed by atoms with Gasteiger partial charge in [-0.3, -0.25) is 9.78 Å². The van der Waals surface area contributed by atoms with Crippen molar-refractivity contribution in [2.75, 3.05) is 0 Å². The molecule has 1 radical (unpaired) electrons. The molecule has 51 heavy (non-hydrogen) atoms. The molecule has 0 aliphatic carbocycles. The maximum atomic E-state index is 12.2. The van der Waals surface area contributed by atoms with E-state index in [4.69, 9.17) is 9.97 Å². The second-order valence-corrected chi connectivity index (χ2v) is 22.8. The summed E-state index contributed by atoms with van der Waals surface area (Å²) in [5, 5.41) is 15.3. The quantitative estimate of drug-likeness (QED) is 0.0656. The van der Waals surface area contributed by atoms with Gasteiger partial charge in [-0.25, -0.2) is 4.98 Å². The summed E-state index contributed by atoms with van der Waals surface area (Å²) in [6, 6.07) is 19.2. The number of aryl methyl sites for hydroxylation is 1. The molecule has 0 saturated carbocycles. The molecule has 2 heterocycles. The van der Waals surface area contributed by atoms with Crippen LogP contribution < -0.4 is 5.19 Å². The monoisotopic (exact) mass is 900 g/mol. The second-order valence-electron chi connectivity index (χ2n) is 16.8. The van der Waals surface area contributed by atoms with Crippen molar-refractivity contribution in [1.29, 1.82) is 0 Å². The molecule has 0 aliphatic heterocycles. The van der Waals surface area contributed by atoms with E-state index in [1.807, 2.05) is 52.9 Å². The molecule has 3 aromatic carbocycles. The Morgan fingerprint density at radius 1 is 0.863 bits per heavy atom. The molecule has 0 aliphatic rings. The van der Waals surface area contributed by atoms with E-state index in [9.17, 15) is 9.90 Å². The number of ketones is 1. The zero-order valence-corrected chi connectivity index (χ0v) is 37.4. The Morgan fingerprint density at radius 3 is 2.04 bits per heavy atom. The number of hydrogen-bond acceptors (Lipinski definition) is 5. The van der Waals surface area contributed by atoms with E-state index in [0.717, 1.165) is 53.6 Å². The summed E-state index contributed by atoms with van der Waals surface area (Å²) in [5.74, 6) is 0.286. The number of nitrogens with zero attached hydrogens (tertiary/aromatic N) is 2. The fourth-order valence-electron chi connectivity index (χ4n) is 6.43. The molecule has 2 aromatic heterocycles. The summed E-state index contributed by atoms with van der Waals surface area (Å²) < 4.78 is 2.50. The molecular weight excluding hydrogens is 841 g/mol. The van der Waals surface area contributed by atoms with Crippen LogP contribution in [0.5, 0.6) is 0 Å². The zero-order chi connectivity index (χ0) is 37.2. The van der Waals surface area contributed by atoms with Gasteiger partial charge in [-0.2, -0.15) is 0 Å². The topological polar surface area (TPSA) is 63.1 Å². The van der Waals surface area contributed by atoms with Crippen molar-refractivity contribution >= 4 is 61.5 Å². The first-order valence-corrected chi connectivity index (χ1v) is 22.7. The molecule has 0 atom stereocenters. The van der Waals surface area contributed by atoms with Crippen LogP contribution in [0.15, 0.2) is 60.6 Å². The van der Waals surface area contributed by atoms with Crippen LogP contribution in [0.25, 0.3) is 42.3 Å². The van der Waals surface area contributed by atoms with E-state index in [2.05, 4.69) is 95.9 Å². The van der Waals surface area contributed by atoms with E-state index in [1.54, 1.807) is 6.33 Å². The first kappa shape index (κ1) is 42.7. The molecule has 7 heteroatoms. The largest absolute Gasteiger partial charge is 0.512 e. The average Bonchev–Trinajstić information content (AvgIpc) is 3.47. The van der Waals surface area contributed by atoms with Gasteiger partial charge in [0, 0.05) is 57.5 Å². The van der Waals surface area contributed by atoms with Crippen molar-refractivity contribution < 1.29 is 30.0 Å². The van der Waals surface area contributed by atoms with Crippen LogP contribution in [-0.4, -0.2) is 28.9 Å². The van der Waals surface area contributed by atoms with Gasteiger partial charge in [-0.05, 0) is 55.6 Å². The standard InChI is InChI=1S/C29H31N2SSi.C15H28O2.Ir/c1-18-20(16-29(2,3)4)12-13-23-26-28(32-27(18)23)25(30-17-31-26)21-14-19-10-8-9-11-22(19)24(15-21)33(5,6)7;1-7-14(5,8-2)12(16)11-13(17)15(6,9-3)10-4;/h8-13,15,17H,16H2,1-7H3;11,16H,7-10H2,1-6H3;/q-1;;/b;12-11-;. The predicted molar refractivity (Wildman–Crippen MR) is 221 cm³/mol. The number of aromatic nitrogens is 2. The number of allylic oxidation sites excluding steroid dienone is 2. The molecule has 5 aromatic rings. The zero-order valence-electron chi connectivity index (χ0n) is 33.2. The minimum Gasteiger partial charge on any atom is -0.512 e. The van der Waals surface area contributed by atoms with E-state index >= 15 is 0 Å². The average molecular weight is 900 g/mol. The third-order valence-corrected chi connectivity index (χ3v) is 14.3. The first-order valence-electron chi connectivity index (χ1n) is 18.4. The number of fused-ring (bicyclic) bond motifs is 4. The van der Waals surface area contributed by atoms with Crippen LogP contribution in [0.3, 0.4) is 0 Å². The fourth-order valence-corrected chi connectivity index (χ4v) is 9.32. The van der Waals surface area contributed by atoms with Crippen LogP contribution >= 0.6 is 11.3 Å². The summed E-state index contributed by atoms with van der Waals surface area (Å²) in [5.41, 5.74) is 5.60. The Morgan fingerprint density at radius 2 is 1.47 bits per heavy atom. The molecule has 277 valence electrons. The Hall–Kier alpha value is -2.70. The van der Waals surface area contributed by atoms with Crippen LogP contribution in [0, 0.1) is 29.2 Å². The smallest absolute Gasteiger partial charge is 0.164 e. The maximum absolute atomic E-state index is 12.2. The van der Waals surface area contributed by atoms with Crippen LogP contribution in [0.1, 0.15) is 99.1 Å². The Labute approximate surface area is 326 Å². The Balaban J connectivity index is 0.000000335. The van der Waals surface area contributed by atoms with Gasteiger partial charge in [-0.15, -0.1) is 40.1 Å². The second kappa shape index (κ2) is 16.5. The van der Waals surface area contributed by atoms with Crippen molar-refractivity contribution in [2.24, 2.45) is 16.2 Å². The number of aliphatic hydroxyl groups excluding tert-OH is 1. The molecule has 5 rings (SSSR count). The molecule has 0 saturated heterocycles. The normalized spacial score (nSPS) is 12.9. The Bertz CT molecular complexity index is 2030. The molecule has 1 N–H and O–H groups in total. The van der Waals surface area contributed by atoms with Gasteiger partial charge in [0.2, 0.25) is 0 Å². The molecular formula is C44H59IrN2O2SSi-. The minimum absolute atomic E-state index is 0. The number of hydrogen-bond donors (Lipinski definition) is 1. The molecule has 0 unspecified atom stereocenters. The number of thiophene rings is 1. The van der Waals surface area contributed by atoms with Crippen LogP contribution in [-0.2, 0) is 31.3 Å². The molecule has 0 bridgehead atoms. The van der Waals surface area contributed by atoms with E-state index in [-0.39, 0.29) is 47.9 Å². The molecule has 4 nitrogen and oxygen atoms in total. The predicted octanol–water partition coefficient (Wildman–Crippen LogP) is 12.6. The fraction of sp³-hybridized carbons (Fsp3) is 0.477. The molecule has 0 spiro atoms.